The van der Waals surface area contributed by atoms with E-state index in [1.54, 1.807) is 18.3 Å². The fourth-order valence-electron chi connectivity index (χ4n) is 1.64. The quantitative estimate of drug-likeness (QED) is 0.872. The Bertz CT molecular complexity index is 728. The zero-order valence-corrected chi connectivity index (χ0v) is 11.8. The van der Waals surface area contributed by atoms with Crippen molar-refractivity contribution in [3.63, 3.8) is 0 Å². The summed E-state index contributed by atoms with van der Waals surface area (Å²) in [5.74, 6) is -0.934. The Kier molecular flexibility index (Phi) is 4.54. The molecule has 1 N–H and O–H groups in total. The van der Waals surface area contributed by atoms with Crippen LogP contribution in [-0.2, 0) is 9.84 Å². The van der Waals surface area contributed by atoms with E-state index in [-0.39, 0.29) is 22.8 Å². The van der Waals surface area contributed by atoms with Gasteiger partial charge < -0.3 is 9.84 Å². The van der Waals surface area contributed by atoms with Crippen molar-refractivity contribution in [3.8, 4) is 5.75 Å². The first-order valence-electron chi connectivity index (χ1n) is 6.08. The van der Waals surface area contributed by atoms with Gasteiger partial charge in [-0.05, 0) is 30.3 Å². The highest BCUT2D eigenvalue weighted by Crippen LogP contribution is 2.14. The lowest BCUT2D eigenvalue weighted by atomic mass is 10.2. The molecule has 0 aliphatic rings. The topological polar surface area (TPSA) is 93.6 Å². The molecule has 110 valence electrons. The van der Waals surface area contributed by atoms with Crippen molar-refractivity contribution in [2.75, 3.05) is 12.4 Å². The molecule has 0 spiro atoms. The number of hydrogen-bond donors (Lipinski definition) is 1. The molecule has 0 amide bonds. The van der Waals surface area contributed by atoms with Gasteiger partial charge in [-0.3, -0.25) is 4.98 Å². The van der Waals surface area contributed by atoms with Gasteiger partial charge in [0.1, 0.15) is 12.4 Å². The van der Waals surface area contributed by atoms with Crippen molar-refractivity contribution in [2.45, 2.75) is 4.90 Å². The van der Waals surface area contributed by atoms with E-state index < -0.39 is 15.8 Å². The Hall–Kier alpha value is -2.41. The highest BCUT2D eigenvalue weighted by molar-refractivity contribution is 7.91. The van der Waals surface area contributed by atoms with E-state index in [9.17, 15) is 13.2 Å². The lowest BCUT2D eigenvalue weighted by Gasteiger charge is -2.07. The molecule has 2 rings (SSSR count). The fraction of sp³-hybridized carbons (Fsp3) is 0.143. The van der Waals surface area contributed by atoms with Crippen molar-refractivity contribution >= 4 is 15.8 Å². The molecule has 0 aliphatic heterocycles. The molecule has 0 saturated carbocycles. The van der Waals surface area contributed by atoms with Gasteiger partial charge in [-0.1, -0.05) is 6.07 Å². The minimum absolute atomic E-state index is 0.0304. The normalized spacial score (nSPS) is 11.0. The molecule has 7 heteroatoms. The Morgan fingerprint density at radius 1 is 1.24 bits per heavy atom. The number of benzene rings is 1. The van der Waals surface area contributed by atoms with Gasteiger partial charge in [-0.25, -0.2) is 13.2 Å². The second kappa shape index (κ2) is 6.36. The summed E-state index contributed by atoms with van der Waals surface area (Å²) < 4.78 is 29.5. The summed E-state index contributed by atoms with van der Waals surface area (Å²) in [6.07, 6.45) is 3.07. The van der Waals surface area contributed by atoms with E-state index in [1.807, 2.05) is 0 Å². The number of sulfone groups is 1. The van der Waals surface area contributed by atoms with Crippen LogP contribution in [0.2, 0.25) is 0 Å². The van der Waals surface area contributed by atoms with E-state index in [0.717, 1.165) is 6.07 Å². The molecule has 1 aromatic heterocycles. The van der Waals surface area contributed by atoms with E-state index in [0.29, 0.717) is 5.75 Å². The lowest BCUT2D eigenvalue weighted by molar-refractivity contribution is 0.0696. The molecule has 1 heterocycles. The Morgan fingerprint density at radius 2 is 2.05 bits per heavy atom. The van der Waals surface area contributed by atoms with Crippen molar-refractivity contribution in [1.29, 1.82) is 0 Å². The van der Waals surface area contributed by atoms with Gasteiger partial charge in [0.05, 0.1) is 22.4 Å². The van der Waals surface area contributed by atoms with Gasteiger partial charge in [0, 0.05) is 6.20 Å². The largest absolute Gasteiger partial charge is 0.491 e. The van der Waals surface area contributed by atoms with E-state index in [1.165, 1.54) is 24.4 Å². The first-order valence-corrected chi connectivity index (χ1v) is 7.73. The van der Waals surface area contributed by atoms with E-state index >= 15 is 0 Å². The van der Waals surface area contributed by atoms with Crippen molar-refractivity contribution in [1.82, 2.24) is 4.98 Å². The number of carboxylic acid groups (broad SMARTS) is 1. The Labute approximate surface area is 121 Å². The van der Waals surface area contributed by atoms with Crippen LogP contribution in [-0.4, -0.2) is 36.8 Å². The van der Waals surface area contributed by atoms with Crippen LogP contribution < -0.4 is 4.74 Å². The summed E-state index contributed by atoms with van der Waals surface area (Å²) in [7, 11) is -3.60. The van der Waals surface area contributed by atoms with Crippen LogP contribution in [0.3, 0.4) is 0 Å². The van der Waals surface area contributed by atoms with E-state index in [4.69, 9.17) is 9.84 Å². The van der Waals surface area contributed by atoms with Crippen LogP contribution in [0.4, 0.5) is 0 Å². The second-order valence-corrected chi connectivity index (χ2v) is 6.30. The predicted molar refractivity (Wildman–Crippen MR) is 75.2 cm³/mol. The summed E-state index contributed by atoms with van der Waals surface area (Å²) in [5, 5.41) is 8.87. The minimum atomic E-state index is -3.60. The number of ether oxygens (including phenoxy) is 1. The van der Waals surface area contributed by atoms with Crippen molar-refractivity contribution < 1.29 is 23.1 Å². The zero-order valence-electron chi connectivity index (χ0n) is 11.0. The highest BCUT2D eigenvalue weighted by atomic mass is 32.2. The molecule has 0 bridgehead atoms. The van der Waals surface area contributed by atoms with Crippen LogP contribution in [0.5, 0.6) is 5.75 Å². The maximum atomic E-state index is 12.1. The van der Waals surface area contributed by atoms with Crippen molar-refractivity contribution in [2.24, 2.45) is 0 Å². The summed E-state index contributed by atoms with van der Waals surface area (Å²) >= 11 is 0. The molecule has 1 aromatic carbocycles. The number of aromatic carboxylic acids is 1. The van der Waals surface area contributed by atoms with Crippen molar-refractivity contribution in [3.05, 3.63) is 54.4 Å². The smallest absolute Gasteiger partial charge is 0.335 e. The van der Waals surface area contributed by atoms with E-state index in [2.05, 4.69) is 4.98 Å². The standard InChI is InChI=1S/C14H13NO5S/c16-14(17)11-3-1-5-13(9-11)21(18,19)8-7-20-12-4-2-6-15-10-12/h1-6,9-10H,7-8H2,(H,16,17). The third-order valence-electron chi connectivity index (χ3n) is 2.70. The van der Waals surface area contributed by atoms with Crippen LogP contribution in [0, 0.1) is 0 Å². The van der Waals surface area contributed by atoms with Crippen LogP contribution in [0.25, 0.3) is 0 Å². The molecular weight excluding hydrogens is 294 g/mol. The summed E-state index contributed by atoms with van der Waals surface area (Å²) in [5.41, 5.74) is -0.0655. The molecule has 0 aliphatic carbocycles. The Morgan fingerprint density at radius 3 is 2.71 bits per heavy atom. The van der Waals surface area contributed by atoms with Gasteiger partial charge in [0.25, 0.3) is 0 Å². The average molecular weight is 307 g/mol. The van der Waals surface area contributed by atoms with Crippen LogP contribution >= 0.6 is 0 Å². The average Bonchev–Trinajstić information content (AvgIpc) is 2.48. The molecule has 0 saturated heterocycles. The van der Waals surface area contributed by atoms with Crippen LogP contribution in [0.1, 0.15) is 10.4 Å². The number of pyridine rings is 1. The molecule has 0 fully saturated rings. The molecule has 21 heavy (non-hydrogen) atoms. The number of carboxylic acids is 1. The highest BCUT2D eigenvalue weighted by Gasteiger charge is 2.16. The third kappa shape index (κ3) is 4.03. The van der Waals surface area contributed by atoms with Gasteiger partial charge in [0.15, 0.2) is 9.84 Å². The third-order valence-corrected chi connectivity index (χ3v) is 4.37. The molecule has 0 radical (unpaired) electrons. The van der Waals surface area contributed by atoms with Gasteiger partial charge >= 0.3 is 5.97 Å². The molecule has 6 nitrogen and oxygen atoms in total. The summed E-state index contributed by atoms with van der Waals surface area (Å²) in [6.45, 7) is -0.0364. The van der Waals surface area contributed by atoms with Gasteiger partial charge in [-0.15, -0.1) is 0 Å². The van der Waals surface area contributed by atoms with Gasteiger partial charge in [0.2, 0.25) is 0 Å². The Balaban J connectivity index is 2.05. The van der Waals surface area contributed by atoms with Crippen LogP contribution in [0.15, 0.2) is 53.7 Å². The number of aromatic nitrogens is 1. The SMILES string of the molecule is O=C(O)c1cccc(S(=O)(=O)CCOc2cccnc2)c1. The lowest BCUT2D eigenvalue weighted by Crippen LogP contribution is -2.15. The van der Waals surface area contributed by atoms with Gasteiger partial charge in [-0.2, -0.15) is 0 Å². The number of nitrogens with zero attached hydrogens (tertiary/aromatic N) is 1. The first-order chi connectivity index (χ1) is 9.99. The minimum Gasteiger partial charge on any atom is -0.491 e. The fourth-order valence-corrected chi connectivity index (χ4v) is 2.77. The molecule has 2 aromatic rings. The monoisotopic (exact) mass is 307 g/mol. The molecule has 0 unspecified atom stereocenters. The summed E-state index contributed by atoms with van der Waals surface area (Å²) in [6, 6.07) is 8.60. The molecule has 0 atom stereocenters. The number of hydrogen-bond acceptors (Lipinski definition) is 5. The maximum Gasteiger partial charge on any atom is 0.335 e. The summed E-state index contributed by atoms with van der Waals surface area (Å²) in [4.78, 5) is 14.7. The predicted octanol–water partition coefficient (Wildman–Crippen LogP) is 1.63. The number of rotatable bonds is 6. The molecular formula is C14H13NO5S. The maximum absolute atomic E-state index is 12.1. The zero-order chi connectivity index (χ0) is 15.3. The number of carbonyl (C=O) groups is 1. The second-order valence-electron chi connectivity index (χ2n) is 4.19. The first kappa shape index (κ1) is 15.0.